The second-order valence-corrected chi connectivity index (χ2v) is 7.29. The first kappa shape index (κ1) is 20.0. The number of rotatable bonds is 10. The van der Waals surface area contributed by atoms with Crippen LogP contribution in [0.4, 0.5) is 0 Å². The van der Waals surface area contributed by atoms with Crippen molar-refractivity contribution in [2.45, 2.75) is 60.8 Å². The van der Waals surface area contributed by atoms with Crippen molar-refractivity contribution in [2.24, 2.45) is 23.7 Å². The topological polar surface area (TPSA) is 0 Å². The van der Waals surface area contributed by atoms with Crippen LogP contribution in [0.2, 0.25) is 0 Å². The van der Waals surface area contributed by atoms with Crippen LogP contribution in [0.1, 0.15) is 60.8 Å². The molecular weight excluding hydrogens is 252 g/mol. The average molecular weight is 289 g/mol. The molecule has 120 valence electrons. The summed E-state index contributed by atoms with van der Waals surface area (Å²) < 4.78 is 0. The van der Waals surface area contributed by atoms with Crippen LogP contribution in [0.3, 0.4) is 0 Å². The molecule has 0 aliphatic carbocycles. The SMILES string of the molecule is C=C(C)[C@H](C[C@@H](C[C@@H](C)C(=C)C)C(=C)C)C[C@H](C)C(=C)C. The Labute approximate surface area is 133 Å². The van der Waals surface area contributed by atoms with Crippen LogP contribution in [-0.2, 0) is 0 Å². The van der Waals surface area contributed by atoms with E-state index in [4.69, 9.17) is 0 Å². The summed E-state index contributed by atoms with van der Waals surface area (Å²) in [5.41, 5.74) is 5.11. The molecule has 0 aliphatic heterocycles. The fraction of sp³-hybridized carbons (Fsp3) is 0.619. The molecule has 0 aromatic heterocycles. The predicted molar refractivity (Wildman–Crippen MR) is 98.4 cm³/mol. The van der Waals surface area contributed by atoms with Crippen molar-refractivity contribution in [1.29, 1.82) is 0 Å². The van der Waals surface area contributed by atoms with Crippen LogP contribution in [0.15, 0.2) is 48.6 Å². The summed E-state index contributed by atoms with van der Waals surface area (Å²) in [6.45, 7) is 29.7. The minimum atomic E-state index is 0.552. The Hall–Kier alpha value is -1.04. The summed E-state index contributed by atoms with van der Waals surface area (Å²) >= 11 is 0. The van der Waals surface area contributed by atoms with Crippen molar-refractivity contribution in [3.63, 3.8) is 0 Å². The Kier molecular flexibility index (Phi) is 8.63. The Morgan fingerprint density at radius 3 is 1.05 bits per heavy atom. The molecule has 0 rings (SSSR count). The molecule has 0 aromatic carbocycles. The summed E-state index contributed by atoms with van der Waals surface area (Å²) in [7, 11) is 0. The summed E-state index contributed by atoms with van der Waals surface area (Å²) in [5, 5.41) is 0. The van der Waals surface area contributed by atoms with Crippen molar-refractivity contribution < 1.29 is 0 Å². The van der Waals surface area contributed by atoms with Crippen LogP contribution in [-0.4, -0.2) is 0 Å². The molecule has 0 nitrogen and oxygen atoms in total. The monoisotopic (exact) mass is 288 g/mol. The molecule has 0 saturated heterocycles. The average Bonchev–Trinajstić information content (AvgIpc) is 2.35. The molecule has 0 N–H and O–H groups in total. The van der Waals surface area contributed by atoms with Crippen molar-refractivity contribution in [3.05, 3.63) is 48.6 Å². The van der Waals surface area contributed by atoms with Gasteiger partial charge in [-0.2, -0.15) is 0 Å². The van der Waals surface area contributed by atoms with Gasteiger partial charge in [-0.15, -0.1) is 0 Å². The molecule has 0 spiro atoms. The Balaban J connectivity index is 4.91. The van der Waals surface area contributed by atoms with E-state index in [1.165, 1.54) is 22.3 Å². The van der Waals surface area contributed by atoms with E-state index in [2.05, 4.69) is 67.9 Å². The fourth-order valence-electron chi connectivity index (χ4n) is 2.60. The van der Waals surface area contributed by atoms with E-state index in [-0.39, 0.29) is 0 Å². The maximum Gasteiger partial charge on any atom is -0.0197 e. The molecule has 0 aromatic rings. The number of hydrogen-bond donors (Lipinski definition) is 0. The van der Waals surface area contributed by atoms with Gasteiger partial charge in [0.2, 0.25) is 0 Å². The van der Waals surface area contributed by atoms with E-state index in [1.807, 2.05) is 0 Å². The van der Waals surface area contributed by atoms with Crippen LogP contribution in [0, 0.1) is 23.7 Å². The zero-order valence-electron chi connectivity index (χ0n) is 15.3. The zero-order valence-corrected chi connectivity index (χ0v) is 15.3. The lowest BCUT2D eigenvalue weighted by Gasteiger charge is -2.28. The largest absolute Gasteiger partial charge is 0.0999 e. The maximum absolute atomic E-state index is 4.22. The smallest absolute Gasteiger partial charge is 0.0197 e. The first-order valence-corrected chi connectivity index (χ1v) is 8.17. The predicted octanol–water partition coefficient (Wildman–Crippen LogP) is 6.97. The lowest BCUT2D eigenvalue weighted by molar-refractivity contribution is 0.356. The van der Waals surface area contributed by atoms with Crippen LogP contribution >= 0.6 is 0 Å². The lowest BCUT2D eigenvalue weighted by Crippen LogP contribution is -2.16. The highest BCUT2D eigenvalue weighted by Crippen LogP contribution is 2.34. The first-order valence-electron chi connectivity index (χ1n) is 8.17. The van der Waals surface area contributed by atoms with Gasteiger partial charge in [0.25, 0.3) is 0 Å². The third-order valence-corrected chi connectivity index (χ3v) is 4.92. The van der Waals surface area contributed by atoms with Gasteiger partial charge in [-0.05, 0) is 70.6 Å². The second-order valence-electron chi connectivity index (χ2n) is 7.29. The summed E-state index contributed by atoms with van der Waals surface area (Å²) in [5.74, 6) is 2.21. The van der Waals surface area contributed by atoms with Gasteiger partial charge in [0.15, 0.2) is 0 Å². The highest BCUT2D eigenvalue weighted by molar-refractivity contribution is 5.07. The molecule has 0 unspecified atom stereocenters. The van der Waals surface area contributed by atoms with E-state index in [1.54, 1.807) is 0 Å². The van der Waals surface area contributed by atoms with Gasteiger partial charge in [-0.1, -0.05) is 62.5 Å². The molecule has 0 amide bonds. The molecule has 0 bridgehead atoms. The standard InChI is InChI=1S/C21H36/c1-14(2)18(9)11-20(16(5)6)13-21(17(7)8)12-19(10)15(3)4/h18-21H,1,3,5,7,11-13H2,2,4,6,8-10H3/t18-,19+,20-,21+. The van der Waals surface area contributed by atoms with E-state index in [0.29, 0.717) is 23.7 Å². The normalized spacial score (nSPS) is 16.7. The van der Waals surface area contributed by atoms with Gasteiger partial charge in [0, 0.05) is 0 Å². The second kappa shape index (κ2) is 9.07. The molecule has 0 aliphatic rings. The van der Waals surface area contributed by atoms with E-state index in [9.17, 15) is 0 Å². The van der Waals surface area contributed by atoms with Crippen LogP contribution in [0.25, 0.3) is 0 Å². The van der Waals surface area contributed by atoms with Gasteiger partial charge >= 0.3 is 0 Å². The molecule has 21 heavy (non-hydrogen) atoms. The molecular formula is C21H36. The van der Waals surface area contributed by atoms with E-state index >= 15 is 0 Å². The van der Waals surface area contributed by atoms with E-state index in [0.717, 1.165) is 19.3 Å². The summed E-state index contributed by atoms with van der Waals surface area (Å²) in [4.78, 5) is 0. The van der Waals surface area contributed by atoms with Gasteiger partial charge in [-0.25, -0.2) is 0 Å². The quantitative estimate of drug-likeness (QED) is 0.381. The molecule has 0 radical (unpaired) electrons. The van der Waals surface area contributed by atoms with Crippen molar-refractivity contribution in [1.82, 2.24) is 0 Å². The third kappa shape index (κ3) is 7.50. The summed E-state index contributed by atoms with van der Waals surface area (Å²) in [6.07, 6.45) is 3.45. The third-order valence-electron chi connectivity index (χ3n) is 4.92. The fourth-order valence-corrected chi connectivity index (χ4v) is 2.60. The van der Waals surface area contributed by atoms with Crippen molar-refractivity contribution in [3.8, 4) is 0 Å². The molecule has 0 heterocycles. The summed E-state index contributed by atoms with van der Waals surface area (Å²) in [6, 6.07) is 0. The highest BCUT2D eigenvalue weighted by Gasteiger charge is 2.22. The van der Waals surface area contributed by atoms with Gasteiger partial charge in [0.1, 0.15) is 0 Å². The lowest BCUT2D eigenvalue weighted by atomic mass is 9.77. The maximum atomic E-state index is 4.22. The Morgan fingerprint density at radius 2 is 0.857 bits per heavy atom. The zero-order chi connectivity index (χ0) is 16.7. The van der Waals surface area contributed by atoms with Gasteiger partial charge in [0.05, 0.1) is 0 Å². The Bertz CT molecular complexity index is 358. The minimum absolute atomic E-state index is 0.552. The molecule has 0 saturated carbocycles. The molecule has 4 atom stereocenters. The van der Waals surface area contributed by atoms with Crippen molar-refractivity contribution >= 4 is 0 Å². The number of hydrogen-bond acceptors (Lipinski definition) is 0. The van der Waals surface area contributed by atoms with E-state index < -0.39 is 0 Å². The minimum Gasteiger partial charge on any atom is -0.0999 e. The highest BCUT2D eigenvalue weighted by atomic mass is 14.3. The van der Waals surface area contributed by atoms with Crippen LogP contribution < -0.4 is 0 Å². The van der Waals surface area contributed by atoms with Crippen LogP contribution in [0.5, 0.6) is 0 Å². The van der Waals surface area contributed by atoms with Gasteiger partial charge < -0.3 is 0 Å². The Morgan fingerprint density at radius 1 is 0.571 bits per heavy atom. The van der Waals surface area contributed by atoms with Crippen molar-refractivity contribution in [2.75, 3.05) is 0 Å². The van der Waals surface area contributed by atoms with Gasteiger partial charge in [-0.3, -0.25) is 0 Å². The molecule has 0 fully saturated rings. The molecule has 0 heteroatoms. The number of allylic oxidation sites excluding steroid dienone is 4. The first-order chi connectivity index (χ1) is 9.56.